The van der Waals surface area contributed by atoms with Crippen molar-refractivity contribution < 1.29 is 29.0 Å². The van der Waals surface area contributed by atoms with Gasteiger partial charge in [0, 0.05) is 39.2 Å². The Bertz CT molecular complexity index is 1040. The largest absolute Gasteiger partial charge is 0.480 e. The van der Waals surface area contributed by atoms with Crippen molar-refractivity contribution in [3.63, 3.8) is 0 Å². The molecule has 1 saturated heterocycles. The molecule has 2 aliphatic rings. The first-order valence-electron chi connectivity index (χ1n) is 11.8. The molecule has 1 heterocycles. The van der Waals surface area contributed by atoms with Gasteiger partial charge in [-0.05, 0) is 29.2 Å². The number of alkyl carbamates (subject to hydrolysis) is 1. The third kappa shape index (κ3) is 5.31. The zero-order valence-electron chi connectivity index (χ0n) is 20.0. The molecular weight excluding hydrogens is 450 g/mol. The molecule has 0 saturated carbocycles. The molecule has 2 N–H and O–H groups in total. The number of amides is 2. The molecule has 2 aromatic rings. The highest BCUT2D eigenvalue weighted by Crippen LogP contribution is 2.44. The Hall–Kier alpha value is -3.43. The van der Waals surface area contributed by atoms with Crippen LogP contribution in [0.2, 0.25) is 0 Å². The number of carbonyl (C=O) groups is 3. The molecule has 9 heteroatoms. The molecule has 1 aliphatic carbocycles. The van der Waals surface area contributed by atoms with Gasteiger partial charge in [-0.2, -0.15) is 0 Å². The number of carbonyl (C=O) groups excluding carboxylic acids is 2. The molecule has 2 amide bonds. The van der Waals surface area contributed by atoms with E-state index in [1.54, 1.807) is 11.8 Å². The smallest absolute Gasteiger partial charge is 0.407 e. The molecule has 4 rings (SSSR count). The summed E-state index contributed by atoms with van der Waals surface area (Å²) in [6.07, 6.45) is -1.46. The van der Waals surface area contributed by atoms with Gasteiger partial charge in [0.2, 0.25) is 0 Å². The number of piperazine rings is 1. The van der Waals surface area contributed by atoms with E-state index >= 15 is 0 Å². The summed E-state index contributed by atoms with van der Waals surface area (Å²) in [6, 6.07) is 15.6. The van der Waals surface area contributed by atoms with Gasteiger partial charge in [-0.15, -0.1) is 0 Å². The SMILES string of the molecule is COC(CNC(=O)OCC1c2ccccc2-c2ccccc21)C(=O)N1CCN(C(C)C(=O)O)CC1. The maximum atomic E-state index is 12.9. The van der Waals surface area contributed by atoms with Gasteiger partial charge in [-0.25, -0.2) is 4.79 Å². The highest BCUT2D eigenvalue weighted by Gasteiger charge is 2.32. The average Bonchev–Trinajstić information content (AvgIpc) is 3.21. The van der Waals surface area contributed by atoms with Crippen LogP contribution >= 0.6 is 0 Å². The molecule has 2 unspecified atom stereocenters. The van der Waals surface area contributed by atoms with Crippen molar-refractivity contribution in [3.8, 4) is 11.1 Å². The van der Waals surface area contributed by atoms with Gasteiger partial charge in [-0.1, -0.05) is 48.5 Å². The number of carboxylic acids is 1. The molecule has 9 nitrogen and oxygen atoms in total. The molecule has 0 bridgehead atoms. The second-order valence-corrected chi connectivity index (χ2v) is 8.81. The van der Waals surface area contributed by atoms with Crippen LogP contribution in [0, 0.1) is 0 Å². The van der Waals surface area contributed by atoms with Crippen LogP contribution in [0.15, 0.2) is 48.5 Å². The number of rotatable bonds is 8. The van der Waals surface area contributed by atoms with Crippen LogP contribution in [-0.4, -0.2) is 91.5 Å². The van der Waals surface area contributed by atoms with Gasteiger partial charge in [-0.3, -0.25) is 14.5 Å². The minimum atomic E-state index is -0.883. The number of benzene rings is 2. The van der Waals surface area contributed by atoms with Crippen molar-refractivity contribution in [1.29, 1.82) is 0 Å². The molecule has 1 fully saturated rings. The summed E-state index contributed by atoms with van der Waals surface area (Å²) in [6.45, 7) is 3.55. The van der Waals surface area contributed by atoms with Gasteiger partial charge >= 0.3 is 12.1 Å². The second kappa shape index (κ2) is 10.9. The average molecular weight is 482 g/mol. The number of carboxylic acid groups (broad SMARTS) is 1. The van der Waals surface area contributed by atoms with E-state index < -0.39 is 24.2 Å². The van der Waals surface area contributed by atoms with Crippen LogP contribution in [0.5, 0.6) is 0 Å². The van der Waals surface area contributed by atoms with Gasteiger partial charge in [0.25, 0.3) is 5.91 Å². The van der Waals surface area contributed by atoms with Crippen LogP contribution in [0.25, 0.3) is 11.1 Å². The highest BCUT2D eigenvalue weighted by molar-refractivity contribution is 5.82. The first-order valence-corrected chi connectivity index (χ1v) is 11.8. The van der Waals surface area contributed by atoms with E-state index in [0.29, 0.717) is 26.2 Å². The van der Waals surface area contributed by atoms with E-state index in [-0.39, 0.29) is 25.0 Å². The summed E-state index contributed by atoms with van der Waals surface area (Å²) >= 11 is 0. The molecule has 0 radical (unpaired) electrons. The maximum absolute atomic E-state index is 12.9. The van der Waals surface area contributed by atoms with Gasteiger partial charge in [0.05, 0.1) is 6.54 Å². The lowest BCUT2D eigenvalue weighted by Gasteiger charge is -2.37. The Balaban J connectivity index is 1.28. The fourth-order valence-electron chi connectivity index (χ4n) is 4.79. The predicted molar refractivity (Wildman–Crippen MR) is 129 cm³/mol. The zero-order chi connectivity index (χ0) is 24.9. The van der Waals surface area contributed by atoms with E-state index in [9.17, 15) is 19.5 Å². The zero-order valence-corrected chi connectivity index (χ0v) is 20.0. The van der Waals surface area contributed by atoms with E-state index in [1.165, 1.54) is 7.11 Å². The lowest BCUT2D eigenvalue weighted by Crippen LogP contribution is -2.56. The topological polar surface area (TPSA) is 108 Å². The Morgan fingerprint density at radius 1 is 1.00 bits per heavy atom. The Kier molecular flexibility index (Phi) is 7.67. The Morgan fingerprint density at radius 2 is 1.57 bits per heavy atom. The number of aliphatic carboxylic acids is 1. The quantitative estimate of drug-likeness (QED) is 0.595. The normalized spacial score (nSPS) is 17.3. The van der Waals surface area contributed by atoms with Crippen LogP contribution in [0.3, 0.4) is 0 Å². The van der Waals surface area contributed by atoms with E-state index in [1.807, 2.05) is 29.2 Å². The summed E-state index contributed by atoms with van der Waals surface area (Å²) in [5.41, 5.74) is 4.56. The molecule has 2 aromatic carbocycles. The third-order valence-electron chi connectivity index (χ3n) is 6.87. The number of nitrogens with one attached hydrogen (secondary N) is 1. The molecular formula is C26H31N3O6. The van der Waals surface area contributed by atoms with Crippen molar-refractivity contribution in [3.05, 3.63) is 59.7 Å². The second-order valence-electron chi connectivity index (χ2n) is 8.81. The number of methoxy groups -OCH3 is 1. The van der Waals surface area contributed by atoms with Crippen molar-refractivity contribution in [2.75, 3.05) is 46.4 Å². The van der Waals surface area contributed by atoms with Crippen molar-refractivity contribution in [2.24, 2.45) is 0 Å². The molecule has 0 aromatic heterocycles. The van der Waals surface area contributed by atoms with Gasteiger partial charge in [0.15, 0.2) is 6.10 Å². The third-order valence-corrected chi connectivity index (χ3v) is 6.87. The van der Waals surface area contributed by atoms with Crippen molar-refractivity contribution in [2.45, 2.75) is 25.0 Å². The van der Waals surface area contributed by atoms with Gasteiger partial charge < -0.3 is 24.8 Å². The van der Waals surface area contributed by atoms with Crippen molar-refractivity contribution >= 4 is 18.0 Å². The van der Waals surface area contributed by atoms with Crippen LogP contribution in [0.1, 0.15) is 24.0 Å². The van der Waals surface area contributed by atoms with Gasteiger partial charge in [0.1, 0.15) is 12.6 Å². The van der Waals surface area contributed by atoms with Crippen molar-refractivity contribution in [1.82, 2.24) is 15.1 Å². The van der Waals surface area contributed by atoms with Crippen LogP contribution in [0.4, 0.5) is 4.79 Å². The first-order chi connectivity index (χ1) is 16.9. The first kappa shape index (κ1) is 24.7. The monoisotopic (exact) mass is 481 g/mol. The Labute approximate surface area is 204 Å². The minimum absolute atomic E-state index is 0.0161. The van der Waals surface area contributed by atoms with E-state index in [2.05, 4.69) is 29.6 Å². The number of nitrogens with zero attached hydrogens (tertiary/aromatic N) is 2. The number of hydrogen-bond acceptors (Lipinski definition) is 6. The van der Waals surface area contributed by atoms with E-state index in [0.717, 1.165) is 22.3 Å². The number of ether oxygens (including phenoxy) is 2. The minimum Gasteiger partial charge on any atom is -0.480 e. The molecule has 35 heavy (non-hydrogen) atoms. The number of fused-ring (bicyclic) bond motifs is 3. The lowest BCUT2D eigenvalue weighted by atomic mass is 9.98. The molecule has 2 atom stereocenters. The van der Waals surface area contributed by atoms with E-state index in [4.69, 9.17) is 9.47 Å². The predicted octanol–water partition coefficient (Wildman–Crippen LogP) is 2.16. The lowest BCUT2D eigenvalue weighted by molar-refractivity contribution is -0.146. The van der Waals surface area contributed by atoms with Crippen LogP contribution < -0.4 is 5.32 Å². The fraction of sp³-hybridized carbons (Fsp3) is 0.423. The molecule has 1 aliphatic heterocycles. The maximum Gasteiger partial charge on any atom is 0.407 e. The Morgan fingerprint density at radius 3 is 2.11 bits per heavy atom. The summed E-state index contributed by atoms with van der Waals surface area (Å²) in [7, 11) is 1.42. The summed E-state index contributed by atoms with van der Waals surface area (Å²) in [5, 5.41) is 11.8. The summed E-state index contributed by atoms with van der Waals surface area (Å²) < 4.78 is 10.9. The summed E-state index contributed by atoms with van der Waals surface area (Å²) in [4.78, 5) is 40.0. The standard InChI is InChI=1S/C26H31N3O6/c1-17(25(31)32)28-11-13-29(14-12-28)24(30)23(34-2)15-27-26(33)35-16-22-20-9-5-3-7-18(20)19-8-4-6-10-21(19)22/h3-10,17,22-23H,11-16H2,1-2H3,(H,27,33)(H,31,32). The highest BCUT2D eigenvalue weighted by atomic mass is 16.5. The fourth-order valence-corrected chi connectivity index (χ4v) is 4.79. The molecule has 0 spiro atoms. The van der Waals surface area contributed by atoms with Crippen LogP contribution in [-0.2, 0) is 19.1 Å². The molecule has 186 valence electrons. The number of hydrogen-bond donors (Lipinski definition) is 2. The summed E-state index contributed by atoms with van der Waals surface area (Å²) in [5.74, 6) is -1.17.